The Bertz CT molecular complexity index is 485. The summed E-state index contributed by atoms with van der Waals surface area (Å²) in [6, 6.07) is 3.88. The molecule has 3 nitrogen and oxygen atoms in total. The van der Waals surface area contributed by atoms with Crippen LogP contribution in [0.1, 0.15) is 37.7 Å². The summed E-state index contributed by atoms with van der Waals surface area (Å²) in [6.07, 6.45) is 5.86. The summed E-state index contributed by atoms with van der Waals surface area (Å²) >= 11 is 12.2. The van der Waals surface area contributed by atoms with E-state index in [4.69, 9.17) is 23.2 Å². The number of anilines is 1. The van der Waals surface area contributed by atoms with E-state index in [0.717, 1.165) is 18.4 Å². The first-order valence-electron chi connectivity index (χ1n) is 7.05. The van der Waals surface area contributed by atoms with Gasteiger partial charge < -0.3 is 10.6 Å². The molecule has 1 amide bonds. The highest BCUT2D eigenvalue weighted by molar-refractivity contribution is 6.35. The highest BCUT2D eigenvalue weighted by Crippen LogP contribution is 2.28. The lowest BCUT2D eigenvalue weighted by atomic mass is 9.95. The minimum absolute atomic E-state index is 0.00432. The molecule has 5 heteroatoms. The number of rotatable bonds is 4. The summed E-state index contributed by atoms with van der Waals surface area (Å²) in [5.74, 6) is 0.00432. The van der Waals surface area contributed by atoms with Crippen LogP contribution in [0.4, 0.5) is 5.69 Å². The molecule has 0 radical (unpaired) electrons. The average molecular weight is 315 g/mol. The Hall–Kier alpha value is -0.930. The van der Waals surface area contributed by atoms with E-state index >= 15 is 0 Å². The van der Waals surface area contributed by atoms with E-state index in [1.807, 2.05) is 6.92 Å². The molecule has 0 unspecified atom stereocenters. The predicted octanol–water partition coefficient (Wildman–Crippen LogP) is 4.16. The lowest BCUT2D eigenvalue weighted by molar-refractivity contribution is -0.120. The van der Waals surface area contributed by atoms with Crippen molar-refractivity contribution in [3.05, 3.63) is 27.7 Å². The van der Waals surface area contributed by atoms with Crippen molar-refractivity contribution in [1.82, 2.24) is 5.32 Å². The standard InChI is InChI=1S/C15H20Cl2N2O/c1-10-7-13(17)14(8-12(10)16)18-9-15(20)19-11-5-3-2-4-6-11/h7-8,11,18H,2-6,9H2,1H3,(H,19,20). The second-order valence-corrected chi connectivity index (χ2v) is 6.15. The molecular weight excluding hydrogens is 295 g/mol. The minimum atomic E-state index is 0.00432. The van der Waals surface area contributed by atoms with Gasteiger partial charge in [0.15, 0.2) is 0 Å². The maximum absolute atomic E-state index is 11.9. The van der Waals surface area contributed by atoms with Gasteiger partial charge in [-0.05, 0) is 37.5 Å². The van der Waals surface area contributed by atoms with Crippen LogP contribution in [-0.4, -0.2) is 18.5 Å². The van der Waals surface area contributed by atoms with E-state index in [9.17, 15) is 4.79 Å². The number of benzene rings is 1. The second-order valence-electron chi connectivity index (χ2n) is 5.34. The van der Waals surface area contributed by atoms with Crippen molar-refractivity contribution in [3.8, 4) is 0 Å². The van der Waals surface area contributed by atoms with Gasteiger partial charge in [-0.25, -0.2) is 0 Å². The topological polar surface area (TPSA) is 41.1 Å². The van der Waals surface area contributed by atoms with E-state index < -0.39 is 0 Å². The monoisotopic (exact) mass is 314 g/mol. The normalized spacial score (nSPS) is 15.9. The molecule has 0 aliphatic heterocycles. The van der Waals surface area contributed by atoms with E-state index in [1.54, 1.807) is 12.1 Å². The van der Waals surface area contributed by atoms with Gasteiger partial charge in [0.1, 0.15) is 0 Å². The fourth-order valence-electron chi connectivity index (χ4n) is 2.48. The van der Waals surface area contributed by atoms with Crippen LogP contribution in [0.15, 0.2) is 12.1 Å². The number of amides is 1. The fourth-order valence-corrected chi connectivity index (χ4v) is 2.93. The highest BCUT2D eigenvalue weighted by atomic mass is 35.5. The third kappa shape index (κ3) is 4.29. The number of nitrogens with one attached hydrogen (secondary N) is 2. The summed E-state index contributed by atoms with van der Waals surface area (Å²) in [5, 5.41) is 7.32. The zero-order chi connectivity index (χ0) is 14.5. The van der Waals surface area contributed by atoms with E-state index in [2.05, 4.69) is 10.6 Å². The smallest absolute Gasteiger partial charge is 0.239 e. The quantitative estimate of drug-likeness (QED) is 0.876. The van der Waals surface area contributed by atoms with Crippen LogP contribution in [0, 0.1) is 6.92 Å². The molecule has 0 heterocycles. The van der Waals surface area contributed by atoms with Crippen LogP contribution in [-0.2, 0) is 4.79 Å². The maximum Gasteiger partial charge on any atom is 0.239 e. The van der Waals surface area contributed by atoms with Crippen LogP contribution in [0.5, 0.6) is 0 Å². The largest absolute Gasteiger partial charge is 0.375 e. The number of hydrogen-bond acceptors (Lipinski definition) is 2. The third-order valence-corrected chi connectivity index (χ3v) is 4.38. The van der Waals surface area contributed by atoms with Gasteiger partial charge in [-0.15, -0.1) is 0 Å². The summed E-state index contributed by atoms with van der Waals surface area (Å²) in [6.45, 7) is 2.11. The molecule has 0 bridgehead atoms. The van der Waals surface area contributed by atoms with Gasteiger partial charge in [0.05, 0.1) is 17.3 Å². The molecule has 1 aromatic carbocycles. The molecule has 0 saturated heterocycles. The summed E-state index contributed by atoms with van der Waals surface area (Å²) < 4.78 is 0. The van der Waals surface area contributed by atoms with Crippen molar-refractivity contribution in [2.45, 2.75) is 45.1 Å². The van der Waals surface area contributed by atoms with Crippen molar-refractivity contribution in [3.63, 3.8) is 0 Å². The molecule has 2 N–H and O–H groups in total. The SMILES string of the molecule is Cc1cc(Cl)c(NCC(=O)NC2CCCCC2)cc1Cl. The Labute approximate surface area is 130 Å². The zero-order valence-corrected chi connectivity index (χ0v) is 13.2. The molecule has 1 fully saturated rings. The molecule has 1 aliphatic rings. The van der Waals surface area contributed by atoms with E-state index in [0.29, 0.717) is 21.8 Å². The molecule has 1 saturated carbocycles. The number of halogens is 2. The van der Waals surface area contributed by atoms with Gasteiger partial charge >= 0.3 is 0 Å². The van der Waals surface area contributed by atoms with Crippen LogP contribution < -0.4 is 10.6 Å². The highest BCUT2D eigenvalue weighted by Gasteiger charge is 2.15. The zero-order valence-electron chi connectivity index (χ0n) is 11.6. The van der Waals surface area contributed by atoms with Gasteiger partial charge in [0.25, 0.3) is 0 Å². The van der Waals surface area contributed by atoms with Gasteiger partial charge in [0, 0.05) is 11.1 Å². The van der Waals surface area contributed by atoms with Crippen LogP contribution in [0.2, 0.25) is 10.0 Å². The van der Waals surface area contributed by atoms with Crippen LogP contribution in [0.3, 0.4) is 0 Å². The van der Waals surface area contributed by atoms with Crippen molar-refractivity contribution >= 4 is 34.8 Å². The molecule has 110 valence electrons. The first-order valence-corrected chi connectivity index (χ1v) is 7.80. The minimum Gasteiger partial charge on any atom is -0.375 e. The fraction of sp³-hybridized carbons (Fsp3) is 0.533. The van der Waals surface area contributed by atoms with Gasteiger partial charge in [0.2, 0.25) is 5.91 Å². The Kier molecular flexibility index (Phi) is 5.55. The summed E-state index contributed by atoms with van der Waals surface area (Å²) in [4.78, 5) is 11.9. The molecular formula is C15H20Cl2N2O. The molecule has 0 spiro atoms. The van der Waals surface area contributed by atoms with Gasteiger partial charge in [-0.2, -0.15) is 0 Å². The first kappa shape index (κ1) is 15.5. The number of carbonyl (C=O) groups is 1. The average Bonchev–Trinajstić information content (AvgIpc) is 2.42. The van der Waals surface area contributed by atoms with Crippen molar-refractivity contribution in [1.29, 1.82) is 0 Å². The maximum atomic E-state index is 11.9. The van der Waals surface area contributed by atoms with Crippen LogP contribution in [0.25, 0.3) is 0 Å². The third-order valence-electron chi connectivity index (χ3n) is 3.66. The predicted molar refractivity (Wildman–Crippen MR) is 84.7 cm³/mol. The molecule has 1 aliphatic carbocycles. The van der Waals surface area contributed by atoms with Crippen molar-refractivity contribution in [2.75, 3.05) is 11.9 Å². The van der Waals surface area contributed by atoms with Crippen LogP contribution >= 0.6 is 23.2 Å². The van der Waals surface area contributed by atoms with E-state index in [-0.39, 0.29) is 12.5 Å². The molecule has 20 heavy (non-hydrogen) atoms. The summed E-state index contributed by atoms with van der Waals surface area (Å²) in [7, 11) is 0. The van der Waals surface area contributed by atoms with Crippen molar-refractivity contribution in [2.24, 2.45) is 0 Å². The Morgan fingerprint density at radius 2 is 1.90 bits per heavy atom. The Balaban J connectivity index is 1.85. The molecule has 2 rings (SSSR count). The lowest BCUT2D eigenvalue weighted by Crippen LogP contribution is -2.39. The molecule has 0 atom stereocenters. The first-order chi connectivity index (χ1) is 9.56. The Morgan fingerprint density at radius 1 is 1.20 bits per heavy atom. The number of hydrogen-bond donors (Lipinski definition) is 2. The summed E-state index contributed by atoms with van der Waals surface area (Å²) in [5.41, 5.74) is 1.62. The second kappa shape index (κ2) is 7.19. The number of carbonyl (C=O) groups excluding carboxylic acids is 1. The molecule has 0 aromatic heterocycles. The number of aryl methyl sites for hydroxylation is 1. The van der Waals surface area contributed by atoms with Crippen molar-refractivity contribution < 1.29 is 4.79 Å². The Morgan fingerprint density at radius 3 is 2.60 bits per heavy atom. The lowest BCUT2D eigenvalue weighted by Gasteiger charge is -2.23. The van der Waals surface area contributed by atoms with Gasteiger partial charge in [-0.1, -0.05) is 42.5 Å². The van der Waals surface area contributed by atoms with Gasteiger partial charge in [-0.3, -0.25) is 4.79 Å². The van der Waals surface area contributed by atoms with E-state index in [1.165, 1.54) is 19.3 Å². The molecule has 1 aromatic rings.